The van der Waals surface area contributed by atoms with Gasteiger partial charge in [-0.05, 0) is 77.1 Å². The second-order valence-corrected chi connectivity index (χ2v) is 8.10. The SMILES string of the molecule is CC(C)NC(=O)Nc1ccc(C(=O)Nc2cc(F)ccc2NC(=O)OC(C)(C)C)cc1. The van der Waals surface area contributed by atoms with E-state index in [2.05, 4.69) is 21.3 Å². The fourth-order valence-electron chi connectivity index (χ4n) is 2.47. The van der Waals surface area contributed by atoms with E-state index < -0.39 is 23.4 Å². The zero-order chi connectivity index (χ0) is 23.2. The lowest BCUT2D eigenvalue weighted by Gasteiger charge is -2.20. The number of ether oxygens (including phenoxy) is 1. The number of amides is 4. The predicted molar refractivity (Wildman–Crippen MR) is 118 cm³/mol. The Balaban J connectivity index is 2.10. The molecule has 0 saturated heterocycles. The van der Waals surface area contributed by atoms with Crippen LogP contribution in [-0.2, 0) is 4.74 Å². The van der Waals surface area contributed by atoms with Gasteiger partial charge in [-0.15, -0.1) is 0 Å². The Kier molecular flexibility index (Phi) is 7.57. The van der Waals surface area contributed by atoms with Crippen molar-refractivity contribution in [2.75, 3.05) is 16.0 Å². The third kappa shape index (κ3) is 7.96. The molecule has 0 spiro atoms. The molecule has 2 aromatic carbocycles. The second-order valence-electron chi connectivity index (χ2n) is 8.10. The molecule has 0 unspecified atom stereocenters. The van der Waals surface area contributed by atoms with E-state index in [1.54, 1.807) is 32.9 Å². The van der Waals surface area contributed by atoms with E-state index >= 15 is 0 Å². The van der Waals surface area contributed by atoms with Crippen molar-refractivity contribution in [3.05, 3.63) is 53.8 Å². The Morgan fingerprint density at radius 1 is 0.903 bits per heavy atom. The van der Waals surface area contributed by atoms with Crippen LogP contribution in [0, 0.1) is 5.82 Å². The largest absolute Gasteiger partial charge is 0.444 e. The van der Waals surface area contributed by atoms with E-state index in [1.165, 1.54) is 18.2 Å². The smallest absolute Gasteiger partial charge is 0.412 e. The number of nitrogens with one attached hydrogen (secondary N) is 4. The lowest BCUT2D eigenvalue weighted by atomic mass is 10.1. The van der Waals surface area contributed by atoms with Crippen molar-refractivity contribution in [3.8, 4) is 0 Å². The van der Waals surface area contributed by atoms with Crippen molar-refractivity contribution >= 4 is 35.1 Å². The predicted octanol–water partition coefficient (Wildman–Crippen LogP) is 4.95. The van der Waals surface area contributed by atoms with Gasteiger partial charge in [0.1, 0.15) is 11.4 Å². The van der Waals surface area contributed by atoms with Crippen molar-refractivity contribution in [2.45, 2.75) is 46.3 Å². The molecule has 4 amide bonds. The summed E-state index contributed by atoms with van der Waals surface area (Å²) in [5.41, 5.74) is 0.340. The molecule has 0 aliphatic rings. The quantitative estimate of drug-likeness (QED) is 0.538. The number of carbonyl (C=O) groups is 3. The summed E-state index contributed by atoms with van der Waals surface area (Å²) < 4.78 is 18.9. The van der Waals surface area contributed by atoms with Gasteiger partial charge in [0, 0.05) is 17.3 Å². The van der Waals surface area contributed by atoms with Crippen LogP contribution in [0.4, 0.5) is 31.0 Å². The zero-order valence-electron chi connectivity index (χ0n) is 18.1. The average molecular weight is 430 g/mol. The molecule has 4 N–H and O–H groups in total. The topological polar surface area (TPSA) is 109 Å². The fraction of sp³-hybridized carbons (Fsp3) is 0.318. The molecule has 0 aromatic heterocycles. The third-order valence-corrected chi connectivity index (χ3v) is 3.69. The van der Waals surface area contributed by atoms with Crippen LogP contribution in [0.1, 0.15) is 45.0 Å². The number of hydrogen-bond donors (Lipinski definition) is 4. The minimum atomic E-state index is -0.732. The number of urea groups is 1. The van der Waals surface area contributed by atoms with Crippen LogP contribution in [-0.4, -0.2) is 29.7 Å². The zero-order valence-corrected chi connectivity index (χ0v) is 18.1. The highest BCUT2D eigenvalue weighted by molar-refractivity contribution is 6.07. The molecule has 166 valence electrons. The molecular formula is C22H27FN4O4. The molecular weight excluding hydrogens is 403 g/mol. The number of rotatable bonds is 5. The van der Waals surface area contributed by atoms with Gasteiger partial charge in [0.15, 0.2) is 0 Å². The number of anilines is 3. The summed E-state index contributed by atoms with van der Waals surface area (Å²) >= 11 is 0. The van der Waals surface area contributed by atoms with E-state index in [-0.39, 0.29) is 29.0 Å². The summed E-state index contributed by atoms with van der Waals surface area (Å²) in [7, 11) is 0. The summed E-state index contributed by atoms with van der Waals surface area (Å²) in [4.78, 5) is 36.4. The van der Waals surface area contributed by atoms with Gasteiger partial charge in [-0.1, -0.05) is 0 Å². The van der Waals surface area contributed by atoms with Gasteiger partial charge in [0.05, 0.1) is 11.4 Å². The van der Waals surface area contributed by atoms with Gasteiger partial charge in [0.2, 0.25) is 0 Å². The van der Waals surface area contributed by atoms with Gasteiger partial charge in [0.25, 0.3) is 5.91 Å². The van der Waals surface area contributed by atoms with Gasteiger partial charge >= 0.3 is 12.1 Å². The van der Waals surface area contributed by atoms with Crippen LogP contribution in [0.5, 0.6) is 0 Å². The Morgan fingerprint density at radius 3 is 2.13 bits per heavy atom. The standard InChI is InChI=1S/C22H27FN4O4/c1-13(2)24-20(29)25-16-9-6-14(7-10-16)19(28)26-18-12-15(23)8-11-17(18)27-21(30)31-22(3,4)5/h6-13H,1-5H3,(H,26,28)(H,27,30)(H2,24,25,29). The number of halogens is 1. The van der Waals surface area contributed by atoms with Crippen molar-refractivity contribution < 1.29 is 23.5 Å². The lowest BCUT2D eigenvalue weighted by Crippen LogP contribution is -2.34. The fourth-order valence-corrected chi connectivity index (χ4v) is 2.47. The minimum absolute atomic E-state index is 0.0141. The Hall–Kier alpha value is -3.62. The third-order valence-electron chi connectivity index (χ3n) is 3.69. The molecule has 31 heavy (non-hydrogen) atoms. The molecule has 0 fully saturated rings. The van der Waals surface area contributed by atoms with Gasteiger partial charge < -0.3 is 20.7 Å². The van der Waals surface area contributed by atoms with Crippen molar-refractivity contribution in [1.29, 1.82) is 0 Å². The first-order valence-corrected chi connectivity index (χ1v) is 9.71. The molecule has 8 nitrogen and oxygen atoms in total. The van der Waals surface area contributed by atoms with E-state index in [9.17, 15) is 18.8 Å². The lowest BCUT2D eigenvalue weighted by molar-refractivity contribution is 0.0635. The number of benzene rings is 2. The average Bonchev–Trinajstić information content (AvgIpc) is 2.62. The maximum absolute atomic E-state index is 13.7. The molecule has 0 saturated carbocycles. The first kappa shape index (κ1) is 23.7. The molecule has 0 aliphatic heterocycles. The minimum Gasteiger partial charge on any atom is -0.444 e. The van der Waals surface area contributed by atoms with E-state index in [4.69, 9.17) is 4.74 Å². The molecule has 9 heteroatoms. The van der Waals surface area contributed by atoms with Crippen molar-refractivity contribution in [3.63, 3.8) is 0 Å². The summed E-state index contributed by atoms with van der Waals surface area (Å²) in [6.07, 6.45) is -0.732. The summed E-state index contributed by atoms with van der Waals surface area (Å²) in [5, 5.41) is 10.4. The van der Waals surface area contributed by atoms with Gasteiger partial charge in [-0.3, -0.25) is 10.1 Å². The molecule has 0 bridgehead atoms. The normalized spacial score (nSPS) is 10.9. The maximum Gasteiger partial charge on any atom is 0.412 e. The Morgan fingerprint density at radius 2 is 1.55 bits per heavy atom. The molecule has 0 heterocycles. The van der Waals surface area contributed by atoms with Crippen molar-refractivity contribution in [2.24, 2.45) is 0 Å². The molecule has 0 atom stereocenters. The van der Waals surface area contributed by atoms with E-state index in [0.29, 0.717) is 5.69 Å². The van der Waals surface area contributed by atoms with E-state index in [1.807, 2.05) is 13.8 Å². The molecule has 2 aromatic rings. The monoisotopic (exact) mass is 430 g/mol. The number of carbonyl (C=O) groups excluding carboxylic acids is 3. The van der Waals surface area contributed by atoms with Crippen LogP contribution in [0.2, 0.25) is 0 Å². The molecule has 0 radical (unpaired) electrons. The van der Waals surface area contributed by atoms with Gasteiger partial charge in [-0.25, -0.2) is 14.0 Å². The Labute approximate surface area is 180 Å². The van der Waals surface area contributed by atoms with Crippen LogP contribution in [0.15, 0.2) is 42.5 Å². The molecule has 0 aliphatic carbocycles. The van der Waals surface area contributed by atoms with Crippen molar-refractivity contribution in [1.82, 2.24) is 5.32 Å². The highest BCUT2D eigenvalue weighted by atomic mass is 19.1. The first-order valence-electron chi connectivity index (χ1n) is 9.71. The Bertz CT molecular complexity index is 953. The first-order chi connectivity index (χ1) is 14.4. The number of hydrogen-bond acceptors (Lipinski definition) is 4. The summed E-state index contributed by atoms with van der Waals surface area (Å²) in [6.45, 7) is 8.82. The highest BCUT2D eigenvalue weighted by Gasteiger charge is 2.18. The highest BCUT2D eigenvalue weighted by Crippen LogP contribution is 2.24. The van der Waals surface area contributed by atoms with Crippen LogP contribution >= 0.6 is 0 Å². The van der Waals surface area contributed by atoms with Crippen LogP contribution < -0.4 is 21.3 Å². The van der Waals surface area contributed by atoms with Crippen LogP contribution in [0.3, 0.4) is 0 Å². The second kappa shape index (κ2) is 9.92. The summed E-state index contributed by atoms with van der Waals surface area (Å²) in [5.74, 6) is -1.10. The molecule has 2 rings (SSSR count). The maximum atomic E-state index is 13.7. The van der Waals surface area contributed by atoms with E-state index in [0.717, 1.165) is 12.1 Å². The van der Waals surface area contributed by atoms with Gasteiger partial charge in [-0.2, -0.15) is 0 Å². The summed E-state index contributed by atoms with van der Waals surface area (Å²) in [6, 6.07) is 9.38. The van der Waals surface area contributed by atoms with Crippen LogP contribution in [0.25, 0.3) is 0 Å².